The molecule has 1 N–H and O–H groups in total. The van der Waals surface area contributed by atoms with Crippen LogP contribution in [0.4, 0.5) is 0 Å². The van der Waals surface area contributed by atoms with E-state index in [-0.39, 0.29) is 30.1 Å². The largest absolute Gasteiger partial charge is 0.481 e. The van der Waals surface area contributed by atoms with Crippen molar-refractivity contribution in [2.24, 2.45) is 23.2 Å². The van der Waals surface area contributed by atoms with Gasteiger partial charge in [0.1, 0.15) is 0 Å². The normalized spacial score (nSPS) is 29.6. The summed E-state index contributed by atoms with van der Waals surface area (Å²) in [6.45, 7) is 3.78. The SMILES string of the molecule is CC1(COC(=O)CCC(=O)O)CCN(C(=O)C2CC3C=CC2C3)CC1. The second-order valence-electron chi connectivity index (χ2n) is 8.08. The van der Waals surface area contributed by atoms with Crippen LogP contribution in [0, 0.1) is 23.2 Å². The van der Waals surface area contributed by atoms with Crippen LogP contribution < -0.4 is 0 Å². The number of carboxylic acids is 1. The monoisotopic (exact) mass is 349 g/mol. The number of rotatable bonds is 6. The third-order valence-electron chi connectivity index (χ3n) is 6.00. The van der Waals surface area contributed by atoms with Gasteiger partial charge in [-0.2, -0.15) is 0 Å². The molecule has 0 radical (unpaired) electrons. The molecule has 2 aliphatic carbocycles. The summed E-state index contributed by atoms with van der Waals surface area (Å²) in [4.78, 5) is 36.8. The molecule has 1 aliphatic heterocycles. The van der Waals surface area contributed by atoms with E-state index in [1.54, 1.807) is 0 Å². The predicted molar refractivity (Wildman–Crippen MR) is 90.6 cm³/mol. The first kappa shape index (κ1) is 18.0. The third-order valence-corrected chi connectivity index (χ3v) is 6.00. The molecule has 6 nitrogen and oxygen atoms in total. The van der Waals surface area contributed by atoms with Gasteiger partial charge in [-0.15, -0.1) is 0 Å². The number of hydrogen-bond donors (Lipinski definition) is 1. The molecule has 1 saturated carbocycles. The number of nitrogens with zero attached hydrogens (tertiary/aromatic N) is 1. The summed E-state index contributed by atoms with van der Waals surface area (Å²) in [5, 5.41) is 8.59. The van der Waals surface area contributed by atoms with Crippen LogP contribution in [0.1, 0.15) is 45.4 Å². The van der Waals surface area contributed by atoms with Gasteiger partial charge in [0.05, 0.1) is 19.4 Å². The minimum Gasteiger partial charge on any atom is -0.481 e. The van der Waals surface area contributed by atoms with Crippen molar-refractivity contribution in [2.75, 3.05) is 19.7 Å². The first-order chi connectivity index (χ1) is 11.9. The Kier molecular flexibility index (Phi) is 5.16. The highest BCUT2D eigenvalue weighted by atomic mass is 16.5. The van der Waals surface area contributed by atoms with E-state index in [1.165, 1.54) is 0 Å². The summed E-state index contributed by atoms with van der Waals surface area (Å²) in [5.74, 6) is 0.0205. The van der Waals surface area contributed by atoms with E-state index in [0.717, 1.165) is 25.7 Å². The van der Waals surface area contributed by atoms with Crippen LogP contribution in [0.5, 0.6) is 0 Å². The first-order valence-electron chi connectivity index (χ1n) is 9.21. The number of hydrogen-bond acceptors (Lipinski definition) is 4. The van der Waals surface area contributed by atoms with E-state index in [4.69, 9.17) is 9.84 Å². The van der Waals surface area contributed by atoms with E-state index in [1.807, 2.05) is 4.90 Å². The van der Waals surface area contributed by atoms with Crippen molar-refractivity contribution in [3.8, 4) is 0 Å². The zero-order valence-electron chi connectivity index (χ0n) is 14.8. The molecule has 6 heteroatoms. The molecule has 0 aromatic carbocycles. The van der Waals surface area contributed by atoms with Gasteiger partial charge in [-0.1, -0.05) is 19.1 Å². The maximum Gasteiger partial charge on any atom is 0.306 e. The van der Waals surface area contributed by atoms with Crippen LogP contribution in [0.2, 0.25) is 0 Å². The second kappa shape index (κ2) is 7.18. The minimum absolute atomic E-state index is 0.0895. The fourth-order valence-electron chi connectivity index (χ4n) is 4.25. The number of esters is 1. The van der Waals surface area contributed by atoms with Crippen molar-refractivity contribution in [3.05, 3.63) is 12.2 Å². The lowest BCUT2D eigenvalue weighted by atomic mass is 9.80. The van der Waals surface area contributed by atoms with Crippen molar-refractivity contribution in [1.29, 1.82) is 0 Å². The van der Waals surface area contributed by atoms with Gasteiger partial charge < -0.3 is 14.7 Å². The van der Waals surface area contributed by atoms with Gasteiger partial charge in [0.2, 0.25) is 5.91 Å². The Balaban J connectivity index is 1.43. The lowest BCUT2D eigenvalue weighted by molar-refractivity contribution is -0.152. The smallest absolute Gasteiger partial charge is 0.306 e. The average molecular weight is 349 g/mol. The molecule has 138 valence electrons. The van der Waals surface area contributed by atoms with Crippen LogP contribution in [-0.4, -0.2) is 47.5 Å². The Labute approximate surface area is 148 Å². The highest BCUT2D eigenvalue weighted by Crippen LogP contribution is 2.44. The quantitative estimate of drug-likeness (QED) is 0.587. The number of aliphatic carboxylic acids is 1. The number of amides is 1. The number of piperidine rings is 1. The summed E-state index contributed by atoms with van der Waals surface area (Å²) in [6, 6.07) is 0. The van der Waals surface area contributed by atoms with Crippen LogP contribution in [0.3, 0.4) is 0 Å². The van der Waals surface area contributed by atoms with Crippen molar-refractivity contribution in [1.82, 2.24) is 4.90 Å². The molecule has 1 amide bonds. The topological polar surface area (TPSA) is 83.9 Å². The van der Waals surface area contributed by atoms with Gasteiger partial charge in [0.15, 0.2) is 0 Å². The number of ether oxygens (including phenoxy) is 1. The van der Waals surface area contributed by atoms with Crippen LogP contribution in [-0.2, 0) is 19.1 Å². The van der Waals surface area contributed by atoms with Gasteiger partial charge in [-0.05, 0) is 37.5 Å². The molecule has 25 heavy (non-hydrogen) atoms. The molecular weight excluding hydrogens is 322 g/mol. The van der Waals surface area contributed by atoms with Crippen LogP contribution in [0.25, 0.3) is 0 Å². The molecule has 3 atom stereocenters. The zero-order chi connectivity index (χ0) is 18.0. The number of carbonyl (C=O) groups excluding carboxylic acids is 2. The fraction of sp³-hybridized carbons (Fsp3) is 0.737. The standard InChI is InChI=1S/C19H27NO5/c1-19(12-25-17(23)5-4-16(21)22)6-8-20(9-7-19)18(24)15-11-13-2-3-14(15)10-13/h2-3,13-15H,4-12H2,1H3,(H,21,22). The summed E-state index contributed by atoms with van der Waals surface area (Å²) in [7, 11) is 0. The maximum atomic E-state index is 12.8. The summed E-state index contributed by atoms with van der Waals surface area (Å²) >= 11 is 0. The zero-order valence-corrected chi connectivity index (χ0v) is 14.8. The van der Waals surface area contributed by atoms with E-state index in [0.29, 0.717) is 31.5 Å². The molecule has 0 aromatic rings. The van der Waals surface area contributed by atoms with Gasteiger partial charge in [-0.3, -0.25) is 14.4 Å². The highest BCUT2D eigenvalue weighted by molar-refractivity contribution is 5.80. The van der Waals surface area contributed by atoms with E-state index in [2.05, 4.69) is 19.1 Å². The van der Waals surface area contributed by atoms with E-state index >= 15 is 0 Å². The number of allylic oxidation sites excluding steroid dienone is 2. The highest BCUT2D eigenvalue weighted by Gasteiger charge is 2.43. The van der Waals surface area contributed by atoms with E-state index in [9.17, 15) is 14.4 Å². The number of carboxylic acid groups (broad SMARTS) is 1. The Morgan fingerprint density at radius 2 is 1.88 bits per heavy atom. The Morgan fingerprint density at radius 1 is 1.16 bits per heavy atom. The van der Waals surface area contributed by atoms with E-state index < -0.39 is 11.9 Å². The summed E-state index contributed by atoms with van der Waals surface area (Å²) < 4.78 is 5.26. The fourth-order valence-corrected chi connectivity index (χ4v) is 4.25. The Morgan fingerprint density at radius 3 is 2.44 bits per heavy atom. The average Bonchev–Trinajstić information content (AvgIpc) is 3.21. The van der Waals surface area contributed by atoms with Gasteiger partial charge in [-0.25, -0.2) is 0 Å². The molecule has 3 unspecified atom stereocenters. The molecule has 0 spiro atoms. The van der Waals surface area contributed by atoms with Gasteiger partial charge in [0.25, 0.3) is 0 Å². The molecule has 3 rings (SSSR count). The number of carbonyl (C=O) groups is 3. The number of fused-ring (bicyclic) bond motifs is 2. The Hall–Kier alpha value is -1.85. The Bertz CT molecular complexity index is 576. The lowest BCUT2D eigenvalue weighted by Gasteiger charge is -2.40. The number of likely N-dealkylation sites (tertiary alicyclic amines) is 1. The molecule has 2 bridgehead atoms. The summed E-state index contributed by atoms with van der Waals surface area (Å²) in [6.07, 6.45) is 7.91. The van der Waals surface area contributed by atoms with Gasteiger partial charge in [0, 0.05) is 24.4 Å². The lowest BCUT2D eigenvalue weighted by Crippen LogP contribution is -2.46. The maximum absolute atomic E-state index is 12.8. The minimum atomic E-state index is -0.995. The molecule has 1 saturated heterocycles. The van der Waals surface area contributed by atoms with Crippen LogP contribution >= 0.6 is 0 Å². The third kappa shape index (κ3) is 4.22. The predicted octanol–water partition coefficient (Wildman–Crippen LogP) is 2.24. The molecular formula is C19H27NO5. The first-order valence-corrected chi connectivity index (χ1v) is 9.21. The molecule has 1 heterocycles. The second-order valence-corrected chi connectivity index (χ2v) is 8.08. The van der Waals surface area contributed by atoms with Crippen molar-refractivity contribution in [2.45, 2.75) is 45.4 Å². The van der Waals surface area contributed by atoms with Crippen molar-refractivity contribution in [3.63, 3.8) is 0 Å². The molecule has 0 aromatic heterocycles. The van der Waals surface area contributed by atoms with Crippen LogP contribution in [0.15, 0.2) is 12.2 Å². The van der Waals surface area contributed by atoms with Crippen molar-refractivity contribution < 1.29 is 24.2 Å². The van der Waals surface area contributed by atoms with Crippen molar-refractivity contribution >= 4 is 17.8 Å². The van der Waals surface area contributed by atoms with Gasteiger partial charge >= 0.3 is 11.9 Å². The molecule has 3 aliphatic rings. The molecule has 2 fully saturated rings. The summed E-state index contributed by atoms with van der Waals surface area (Å²) in [5.41, 5.74) is -0.135.